The SMILES string of the molecule is Cc1ccc(C)c(C(=O)CCC2CCCC2)c1. The third-order valence-electron chi connectivity index (χ3n) is 3.95. The summed E-state index contributed by atoms with van der Waals surface area (Å²) in [6.45, 7) is 4.08. The van der Waals surface area contributed by atoms with Crippen LogP contribution >= 0.6 is 0 Å². The summed E-state index contributed by atoms with van der Waals surface area (Å²) in [5, 5.41) is 0. The first kappa shape index (κ1) is 12.3. The van der Waals surface area contributed by atoms with Crippen LogP contribution in [0.1, 0.15) is 60.0 Å². The van der Waals surface area contributed by atoms with Crippen LogP contribution in [-0.4, -0.2) is 5.78 Å². The van der Waals surface area contributed by atoms with Gasteiger partial charge in [-0.3, -0.25) is 4.79 Å². The maximum Gasteiger partial charge on any atom is 0.163 e. The van der Waals surface area contributed by atoms with Crippen molar-refractivity contribution in [2.75, 3.05) is 0 Å². The maximum absolute atomic E-state index is 12.2. The summed E-state index contributed by atoms with van der Waals surface area (Å²) in [6.07, 6.45) is 7.21. The molecule has 0 N–H and O–H groups in total. The van der Waals surface area contributed by atoms with Gasteiger partial charge in [0.05, 0.1) is 0 Å². The predicted octanol–water partition coefficient (Wildman–Crippen LogP) is 4.46. The second kappa shape index (κ2) is 5.48. The molecule has 0 heterocycles. The van der Waals surface area contributed by atoms with Crippen LogP contribution < -0.4 is 0 Å². The van der Waals surface area contributed by atoms with Gasteiger partial charge in [-0.25, -0.2) is 0 Å². The molecule has 1 aromatic carbocycles. The van der Waals surface area contributed by atoms with Crippen molar-refractivity contribution in [1.29, 1.82) is 0 Å². The summed E-state index contributed by atoms with van der Waals surface area (Å²) in [4.78, 5) is 12.2. The number of rotatable bonds is 4. The first-order valence-electron chi connectivity index (χ1n) is 6.77. The van der Waals surface area contributed by atoms with E-state index in [1.54, 1.807) is 0 Å². The van der Waals surface area contributed by atoms with Crippen molar-refractivity contribution in [3.8, 4) is 0 Å². The lowest BCUT2D eigenvalue weighted by Gasteiger charge is -2.09. The number of Topliss-reactive ketones (excluding diaryl/α,β-unsaturated/α-hetero) is 1. The zero-order chi connectivity index (χ0) is 12.3. The van der Waals surface area contributed by atoms with Gasteiger partial charge in [0.1, 0.15) is 0 Å². The Morgan fingerprint density at radius 3 is 2.65 bits per heavy atom. The van der Waals surface area contributed by atoms with Gasteiger partial charge in [0.2, 0.25) is 0 Å². The van der Waals surface area contributed by atoms with Gasteiger partial charge in [-0.15, -0.1) is 0 Å². The lowest BCUT2D eigenvalue weighted by Crippen LogP contribution is -2.05. The van der Waals surface area contributed by atoms with E-state index in [1.807, 2.05) is 19.9 Å². The minimum Gasteiger partial charge on any atom is -0.294 e. The molecule has 0 amide bonds. The molecule has 0 aliphatic heterocycles. The van der Waals surface area contributed by atoms with Crippen LogP contribution in [-0.2, 0) is 0 Å². The van der Waals surface area contributed by atoms with E-state index in [0.29, 0.717) is 5.78 Å². The molecule has 1 nitrogen and oxygen atoms in total. The van der Waals surface area contributed by atoms with E-state index < -0.39 is 0 Å². The molecule has 17 heavy (non-hydrogen) atoms. The largest absolute Gasteiger partial charge is 0.294 e. The number of hydrogen-bond acceptors (Lipinski definition) is 1. The molecule has 1 aliphatic rings. The van der Waals surface area contributed by atoms with Gasteiger partial charge >= 0.3 is 0 Å². The van der Waals surface area contributed by atoms with Crippen LogP contribution in [0.15, 0.2) is 18.2 Å². The molecule has 0 unspecified atom stereocenters. The molecule has 1 saturated carbocycles. The van der Waals surface area contributed by atoms with Crippen molar-refractivity contribution in [3.63, 3.8) is 0 Å². The van der Waals surface area contributed by atoms with Crippen LogP contribution in [0.4, 0.5) is 0 Å². The van der Waals surface area contributed by atoms with Gasteiger partial charge in [0.15, 0.2) is 5.78 Å². The normalized spacial score (nSPS) is 16.4. The Kier molecular flexibility index (Phi) is 3.98. The smallest absolute Gasteiger partial charge is 0.163 e. The van der Waals surface area contributed by atoms with Gasteiger partial charge < -0.3 is 0 Å². The third-order valence-corrected chi connectivity index (χ3v) is 3.95. The number of hydrogen-bond donors (Lipinski definition) is 0. The van der Waals surface area contributed by atoms with E-state index in [2.05, 4.69) is 12.1 Å². The molecule has 1 aromatic rings. The number of aryl methyl sites for hydroxylation is 2. The van der Waals surface area contributed by atoms with Crippen LogP contribution in [0.2, 0.25) is 0 Å². The number of ketones is 1. The Labute approximate surface area is 104 Å². The highest BCUT2D eigenvalue weighted by molar-refractivity contribution is 5.97. The molecule has 0 spiro atoms. The van der Waals surface area contributed by atoms with Crippen molar-refractivity contribution in [3.05, 3.63) is 34.9 Å². The van der Waals surface area contributed by atoms with E-state index in [4.69, 9.17) is 0 Å². The predicted molar refractivity (Wildman–Crippen MR) is 71.4 cm³/mol. The molecular weight excluding hydrogens is 208 g/mol. The highest BCUT2D eigenvalue weighted by atomic mass is 16.1. The van der Waals surface area contributed by atoms with E-state index in [1.165, 1.54) is 31.2 Å². The van der Waals surface area contributed by atoms with Crippen LogP contribution in [0.25, 0.3) is 0 Å². The molecule has 0 saturated heterocycles. The fraction of sp³-hybridized carbons (Fsp3) is 0.562. The quantitative estimate of drug-likeness (QED) is 0.698. The molecule has 0 aromatic heterocycles. The molecular formula is C16H22O. The van der Waals surface area contributed by atoms with Crippen LogP contribution in [0, 0.1) is 19.8 Å². The van der Waals surface area contributed by atoms with Gasteiger partial charge in [0, 0.05) is 12.0 Å². The van der Waals surface area contributed by atoms with Crippen molar-refractivity contribution in [2.45, 2.75) is 52.4 Å². The molecule has 1 aliphatic carbocycles. The first-order chi connectivity index (χ1) is 8.16. The Bertz CT molecular complexity index is 400. The number of carbonyl (C=O) groups is 1. The summed E-state index contributed by atoms with van der Waals surface area (Å²) in [5.74, 6) is 1.14. The van der Waals surface area contributed by atoms with Crippen LogP contribution in [0.5, 0.6) is 0 Å². The minimum absolute atomic E-state index is 0.332. The summed E-state index contributed by atoms with van der Waals surface area (Å²) < 4.78 is 0. The summed E-state index contributed by atoms with van der Waals surface area (Å²) >= 11 is 0. The van der Waals surface area contributed by atoms with Crippen molar-refractivity contribution >= 4 is 5.78 Å². The molecule has 1 heteroatoms. The topological polar surface area (TPSA) is 17.1 Å². The summed E-state index contributed by atoms with van der Waals surface area (Å²) in [7, 11) is 0. The molecule has 1 fully saturated rings. The van der Waals surface area contributed by atoms with Gasteiger partial charge in [-0.05, 0) is 37.8 Å². The minimum atomic E-state index is 0.332. The van der Waals surface area contributed by atoms with E-state index >= 15 is 0 Å². The Morgan fingerprint density at radius 1 is 1.24 bits per heavy atom. The average molecular weight is 230 g/mol. The maximum atomic E-state index is 12.2. The van der Waals surface area contributed by atoms with Crippen molar-refractivity contribution < 1.29 is 4.79 Å². The zero-order valence-electron chi connectivity index (χ0n) is 11.0. The molecule has 2 rings (SSSR count). The highest BCUT2D eigenvalue weighted by Gasteiger charge is 2.17. The number of benzene rings is 1. The van der Waals surface area contributed by atoms with E-state index in [0.717, 1.165) is 29.9 Å². The number of carbonyl (C=O) groups excluding carboxylic acids is 1. The lowest BCUT2D eigenvalue weighted by molar-refractivity contribution is 0.0973. The Hall–Kier alpha value is -1.11. The monoisotopic (exact) mass is 230 g/mol. The van der Waals surface area contributed by atoms with Crippen LogP contribution in [0.3, 0.4) is 0 Å². The standard InChI is InChI=1S/C16H22O/c1-12-7-8-13(2)15(11-12)16(17)10-9-14-5-3-4-6-14/h7-8,11,14H,3-6,9-10H2,1-2H3. The molecule has 0 bridgehead atoms. The Morgan fingerprint density at radius 2 is 1.94 bits per heavy atom. The van der Waals surface area contributed by atoms with Crippen molar-refractivity contribution in [2.24, 2.45) is 5.92 Å². The fourth-order valence-corrected chi connectivity index (χ4v) is 2.81. The average Bonchev–Trinajstić information content (AvgIpc) is 2.82. The van der Waals surface area contributed by atoms with Gasteiger partial charge in [-0.2, -0.15) is 0 Å². The first-order valence-corrected chi connectivity index (χ1v) is 6.77. The van der Waals surface area contributed by atoms with E-state index in [-0.39, 0.29) is 0 Å². The third kappa shape index (κ3) is 3.18. The van der Waals surface area contributed by atoms with E-state index in [9.17, 15) is 4.79 Å². The second-order valence-corrected chi connectivity index (χ2v) is 5.43. The van der Waals surface area contributed by atoms with Gasteiger partial charge in [0.25, 0.3) is 0 Å². The lowest BCUT2D eigenvalue weighted by atomic mass is 9.95. The van der Waals surface area contributed by atoms with Gasteiger partial charge in [-0.1, -0.05) is 43.4 Å². The fourth-order valence-electron chi connectivity index (χ4n) is 2.81. The summed E-state index contributed by atoms with van der Waals surface area (Å²) in [5.41, 5.74) is 3.23. The molecule has 92 valence electrons. The second-order valence-electron chi connectivity index (χ2n) is 5.43. The zero-order valence-corrected chi connectivity index (χ0v) is 11.0. The highest BCUT2D eigenvalue weighted by Crippen LogP contribution is 2.29. The summed E-state index contributed by atoms with van der Waals surface area (Å²) in [6, 6.07) is 6.16. The Balaban J connectivity index is 1.96. The molecule has 0 atom stereocenters. The molecule has 0 radical (unpaired) electrons. The van der Waals surface area contributed by atoms with Crippen molar-refractivity contribution in [1.82, 2.24) is 0 Å².